The van der Waals surface area contributed by atoms with E-state index < -0.39 is 19.5 Å². The highest BCUT2D eigenvalue weighted by Crippen LogP contribution is 2.32. The van der Waals surface area contributed by atoms with Gasteiger partial charge in [0.1, 0.15) is 6.04 Å². The smallest absolute Gasteiger partial charge is 0.327 e. The zero-order valence-corrected chi connectivity index (χ0v) is 8.87. The third kappa shape index (κ3) is 4.42. The first kappa shape index (κ1) is 12.2. The van der Waals surface area contributed by atoms with Gasteiger partial charge in [0, 0.05) is 13.0 Å². The van der Waals surface area contributed by atoms with E-state index in [0.29, 0.717) is 12.8 Å². The van der Waals surface area contributed by atoms with Gasteiger partial charge in [0.25, 0.3) is 0 Å². The van der Waals surface area contributed by atoms with Crippen molar-refractivity contribution in [3.63, 3.8) is 0 Å². The molecule has 1 heterocycles. The summed E-state index contributed by atoms with van der Waals surface area (Å²) in [4.78, 5) is 39.1. The van der Waals surface area contributed by atoms with E-state index in [1.54, 1.807) is 0 Å². The lowest BCUT2D eigenvalue weighted by molar-refractivity contribution is -0.125. The number of hydrogen-bond donors (Lipinski definition) is 4. The molecule has 0 radical (unpaired) electrons. The molecule has 15 heavy (non-hydrogen) atoms. The lowest BCUT2D eigenvalue weighted by Gasteiger charge is -2.10. The van der Waals surface area contributed by atoms with Crippen LogP contribution in [-0.4, -0.2) is 40.3 Å². The number of carbonyl (C=O) groups is 2. The fourth-order valence-corrected chi connectivity index (χ4v) is 1.66. The molecule has 2 amide bonds. The Labute approximate surface area is 86.4 Å². The quantitative estimate of drug-likeness (QED) is 0.446. The molecule has 0 unspecified atom stereocenters. The second-order valence-corrected chi connectivity index (χ2v) is 5.11. The van der Waals surface area contributed by atoms with Crippen molar-refractivity contribution in [1.29, 1.82) is 0 Å². The molecule has 0 aromatic heterocycles. The van der Waals surface area contributed by atoms with E-state index in [1.165, 1.54) is 0 Å². The van der Waals surface area contributed by atoms with Gasteiger partial charge in [0.2, 0.25) is 11.8 Å². The maximum Gasteiger partial charge on any atom is 0.327 e. The average Bonchev–Trinajstić information content (AvgIpc) is 2.49. The zero-order chi connectivity index (χ0) is 11.5. The Kier molecular flexibility index (Phi) is 3.84. The molecule has 86 valence electrons. The molecule has 0 aromatic carbocycles. The summed E-state index contributed by atoms with van der Waals surface area (Å²) in [6.07, 6.45) is 0.358. The highest BCUT2D eigenvalue weighted by atomic mass is 31.2. The third-order valence-electron chi connectivity index (χ3n) is 2.01. The monoisotopic (exact) mass is 236 g/mol. The van der Waals surface area contributed by atoms with Crippen LogP contribution in [0.5, 0.6) is 0 Å². The minimum atomic E-state index is -4.07. The second kappa shape index (κ2) is 4.74. The van der Waals surface area contributed by atoms with E-state index in [4.69, 9.17) is 9.79 Å². The predicted octanol–water partition coefficient (Wildman–Crippen LogP) is -1.44. The largest absolute Gasteiger partial charge is 0.354 e. The van der Waals surface area contributed by atoms with E-state index >= 15 is 0 Å². The van der Waals surface area contributed by atoms with Gasteiger partial charge in [0.15, 0.2) is 0 Å². The van der Waals surface area contributed by atoms with Crippen molar-refractivity contribution in [1.82, 2.24) is 10.6 Å². The maximum atomic E-state index is 11.3. The SMILES string of the molecule is O=C1CC[C@@H](C(=O)NCCP(=O)(O)O)N1. The molecular weight excluding hydrogens is 223 g/mol. The second-order valence-electron chi connectivity index (χ2n) is 3.34. The van der Waals surface area contributed by atoms with E-state index in [9.17, 15) is 14.2 Å². The van der Waals surface area contributed by atoms with Gasteiger partial charge in [-0.2, -0.15) is 0 Å². The van der Waals surface area contributed by atoms with Crippen LogP contribution in [0.25, 0.3) is 0 Å². The summed E-state index contributed by atoms with van der Waals surface area (Å²) in [6.45, 7) is -0.0878. The minimum Gasteiger partial charge on any atom is -0.354 e. The molecule has 7 nitrogen and oxygen atoms in total. The number of rotatable bonds is 4. The van der Waals surface area contributed by atoms with Gasteiger partial charge < -0.3 is 20.4 Å². The van der Waals surface area contributed by atoms with Crippen molar-refractivity contribution in [2.24, 2.45) is 0 Å². The molecule has 0 aromatic rings. The molecule has 4 N–H and O–H groups in total. The Morgan fingerprint density at radius 1 is 1.60 bits per heavy atom. The van der Waals surface area contributed by atoms with Crippen LogP contribution in [0.2, 0.25) is 0 Å². The summed E-state index contributed by atoms with van der Waals surface area (Å²) in [5, 5.41) is 4.81. The molecule has 1 aliphatic heterocycles. The average molecular weight is 236 g/mol. The van der Waals surface area contributed by atoms with Crippen LogP contribution in [0.3, 0.4) is 0 Å². The standard InChI is InChI=1S/C7H13N2O5P/c10-6-2-1-5(9-6)7(11)8-3-4-15(12,13)14/h5H,1-4H2,(H,8,11)(H,9,10)(H2,12,13,14)/t5-/m0/s1. The summed E-state index contributed by atoms with van der Waals surface area (Å²) in [7, 11) is -4.07. The van der Waals surface area contributed by atoms with Crippen LogP contribution >= 0.6 is 7.60 Å². The maximum absolute atomic E-state index is 11.3. The zero-order valence-electron chi connectivity index (χ0n) is 7.97. The fraction of sp³-hybridized carbons (Fsp3) is 0.714. The van der Waals surface area contributed by atoms with E-state index in [0.717, 1.165) is 0 Å². The Hall–Kier alpha value is -0.910. The molecule has 8 heteroatoms. The van der Waals surface area contributed by atoms with Crippen LogP contribution in [0.4, 0.5) is 0 Å². The Morgan fingerprint density at radius 3 is 2.73 bits per heavy atom. The van der Waals surface area contributed by atoms with Gasteiger partial charge in [0.05, 0.1) is 6.16 Å². The van der Waals surface area contributed by atoms with Gasteiger partial charge in [-0.3, -0.25) is 14.2 Å². The molecule has 0 aliphatic carbocycles. The van der Waals surface area contributed by atoms with Gasteiger partial charge in [-0.15, -0.1) is 0 Å². The summed E-state index contributed by atoms with van der Waals surface area (Å²) < 4.78 is 10.5. The van der Waals surface area contributed by atoms with E-state index in [-0.39, 0.29) is 18.6 Å². The van der Waals surface area contributed by atoms with Gasteiger partial charge >= 0.3 is 7.60 Å². The van der Waals surface area contributed by atoms with Crippen molar-refractivity contribution >= 4 is 19.4 Å². The van der Waals surface area contributed by atoms with Gasteiger partial charge in [-0.05, 0) is 6.42 Å². The summed E-state index contributed by atoms with van der Waals surface area (Å²) >= 11 is 0. The molecule has 0 saturated carbocycles. The molecule has 0 spiro atoms. The van der Waals surface area contributed by atoms with Crippen LogP contribution < -0.4 is 10.6 Å². The first-order valence-electron chi connectivity index (χ1n) is 4.50. The summed E-state index contributed by atoms with van der Waals surface area (Å²) in [5.74, 6) is -0.570. The molecule has 1 rings (SSSR count). The highest BCUT2D eigenvalue weighted by Gasteiger charge is 2.27. The summed E-state index contributed by atoms with van der Waals surface area (Å²) in [6, 6.07) is -0.561. The number of amides is 2. The van der Waals surface area contributed by atoms with Crippen molar-refractivity contribution < 1.29 is 23.9 Å². The van der Waals surface area contributed by atoms with Gasteiger partial charge in [-0.1, -0.05) is 0 Å². The van der Waals surface area contributed by atoms with E-state index in [2.05, 4.69) is 10.6 Å². The third-order valence-corrected chi connectivity index (χ3v) is 2.82. The fourth-order valence-electron chi connectivity index (χ4n) is 1.26. The van der Waals surface area contributed by atoms with Crippen LogP contribution in [0, 0.1) is 0 Å². The van der Waals surface area contributed by atoms with Crippen molar-refractivity contribution in [3.8, 4) is 0 Å². The number of hydrogen-bond acceptors (Lipinski definition) is 3. The topological polar surface area (TPSA) is 116 Å². The van der Waals surface area contributed by atoms with Crippen LogP contribution in [0.1, 0.15) is 12.8 Å². The normalized spacial score (nSPS) is 21.2. The molecule has 1 saturated heterocycles. The first-order chi connectivity index (χ1) is 6.88. The predicted molar refractivity (Wildman–Crippen MR) is 51.1 cm³/mol. The number of carbonyl (C=O) groups excluding carboxylic acids is 2. The number of nitrogens with one attached hydrogen (secondary N) is 2. The molecule has 1 atom stereocenters. The lowest BCUT2D eigenvalue weighted by atomic mass is 10.2. The molecule has 1 fully saturated rings. The highest BCUT2D eigenvalue weighted by molar-refractivity contribution is 7.51. The van der Waals surface area contributed by atoms with Crippen LogP contribution in [0.15, 0.2) is 0 Å². The Balaban J connectivity index is 2.25. The molecule has 0 bridgehead atoms. The lowest BCUT2D eigenvalue weighted by Crippen LogP contribution is -2.42. The van der Waals surface area contributed by atoms with Crippen molar-refractivity contribution in [2.45, 2.75) is 18.9 Å². The van der Waals surface area contributed by atoms with Crippen molar-refractivity contribution in [2.75, 3.05) is 12.7 Å². The molecular formula is C7H13N2O5P. The first-order valence-corrected chi connectivity index (χ1v) is 6.30. The van der Waals surface area contributed by atoms with Crippen molar-refractivity contribution in [3.05, 3.63) is 0 Å². The minimum absolute atomic E-state index is 0.0878. The van der Waals surface area contributed by atoms with Crippen LogP contribution in [-0.2, 0) is 14.2 Å². The molecule has 1 aliphatic rings. The van der Waals surface area contributed by atoms with Gasteiger partial charge in [-0.25, -0.2) is 0 Å². The van der Waals surface area contributed by atoms with E-state index in [1.807, 2.05) is 0 Å². The Bertz CT molecular complexity index is 313. The summed E-state index contributed by atoms with van der Waals surface area (Å²) in [5.41, 5.74) is 0. The Morgan fingerprint density at radius 2 is 2.27 bits per heavy atom.